The molecule has 1 aliphatic rings. The van der Waals surface area contributed by atoms with Gasteiger partial charge in [0.05, 0.1) is 13.0 Å². The fraction of sp³-hybridized carbons (Fsp3) is 0.400. The van der Waals surface area contributed by atoms with Crippen LogP contribution in [-0.2, 0) is 19.1 Å². The first-order valence-corrected chi connectivity index (χ1v) is 10.9. The summed E-state index contributed by atoms with van der Waals surface area (Å²) in [5.41, 5.74) is 4.08. The average Bonchev–Trinajstić information content (AvgIpc) is 3.09. The number of carbonyl (C=O) groups is 3. The highest BCUT2D eigenvalue weighted by molar-refractivity contribution is 5.79. The third-order valence-electron chi connectivity index (χ3n) is 5.49. The second-order valence-electron chi connectivity index (χ2n) is 8.82. The summed E-state index contributed by atoms with van der Waals surface area (Å²) in [6.45, 7) is 4.18. The van der Waals surface area contributed by atoms with Crippen LogP contribution >= 0.6 is 0 Å². The number of amides is 2. The molecule has 0 atom stereocenters. The van der Waals surface area contributed by atoms with Crippen molar-refractivity contribution < 1.29 is 29.0 Å². The van der Waals surface area contributed by atoms with Gasteiger partial charge in [-0.1, -0.05) is 62.4 Å². The molecular formula is C25H30N2O6. The molecule has 1 aliphatic carbocycles. The molecule has 0 aromatic heterocycles. The van der Waals surface area contributed by atoms with E-state index in [0.29, 0.717) is 0 Å². The molecule has 3 rings (SSSR count). The lowest BCUT2D eigenvalue weighted by atomic mass is 9.89. The van der Waals surface area contributed by atoms with Crippen molar-refractivity contribution >= 4 is 18.0 Å². The van der Waals surface area contributed by atoms with Crippen molar-refractivity contribution in [2.45, 2.75) is 26.2 Å². The Morgan fingerprint density at radius 3 is 2.18 bits per heavy atom. The molecule has 2 aromatic carbocycles. The van der Waals surface area contributed by atoms with E-state index < -0.39 is 17.5 Å². The Hall–Kier alpha value is -3.39. The molecular weight excluding hydrogens is 424 g/mol. The molecule has 8 heteroatoms. The molecule has 0 saturated carbocycles. The Bertz CT molecular complexity index is 958. The summed E-state index contributed by atoms with van der Waals surface area (Å²) in [5, 5.41) is 14.1. The van der Waals surface area contributed by atoms with Crippen molar-refractivity contribution in [3.63, 3.8) is 0 Å². The number of carbonyl (C=O) groups excluding carboxylic acids is 2. The molecule has 2 aromatic rings. The van der Waals surface area contributed by atoms with Crippen LogP contribution in [0.25, 0.3) is 11.1 Å². The number of ether oxygens (including phenoxy) is 2. The highest BCUT2D eigenvalue weighted by Crippen LogP contribution is 2.44. The van der Waals surface area contributed by atoms with E-state index in [1.807, 2.05) is 24.3 Å². The van der Waals surface area contributed by atoms with Crippen LogP contribution in [0.4, 0.5) is 4.79 Å². The van der Waals surface area contributed by atoms with Crippen molar-refractivity contribution in [3.8, 4) is 11.1 Å². The zero-order valence-corrected chi connectivity index (χ0v) is 18.9. The van der Waals surface area contributed by atoms with E-state index in [9.17, 15) is 14.4 Å². The normalized spacial score (nSPS) is 12.5. The van der Waals surface area contributed by atoms with E-state index in [0.717, 1.165) is 11.1 Å². The van der Waals surface area contributed by atoms with Crippen LogP contribution in [0.3, 0.4) is 0 Å². The van der Waals surface area contributed by atoms with Gasteiger partial charge in [0.15, 0.2) is 0 Å². The maximum absolute atomic E-state index is 12.1. The predicted octanol–water partition coefficient (Wildman–Crippen LogP) is 3.16. The van der Waals surface area contributed by atoms with Crippen LogP contribution in [0.15, 0.2) is 48.5 Å². The van der Waals surface area contributed by atoms with Crippen LogP contribution in [0.1, 0.15) is 37.3 Å². The summed E-state index contributed by atoms with van der Waals surface area (Å²) in [4.78, 5) is 34.7. The van der Waals surface area contributed by atoms with E-state index in [-0.39, 0.29) is 51.2 Å². The topological polar surface area (TPSA) is 114 Å². The number of fused-ring (bicyclic) bond motifs is 3. The SMILES string of the molecule is CC(C)(CNC(=O)COCCNC(=O)OCC1c2ccccc2-c2ccccc21)CC(=O)O. The molecule has 8 nitrogen and oxygen atoms in total. The second-order valence-corrected chi connectivity index (χ2v) is 8.82. The molecule has 0 aliphatic heterocycles. The van der Waals surface area contributed by atoms with Gasteiger partial charge in [-0.05, 0) is 27.7 Å². The number of nitrogens with one attached hydrogen (secondary N) is 2. The van der Waals surface area contributed by atoms with Gasteiger partial charge in [-0.15, -0.1) is 0 Å². The van der Waals surface area contributed by atoms with E-state index in [2.05, 4.69) is 34.9 Å². The van der Waals surface area contributed by atoms with E-state index in [4.69, 9.17) is 14.6 Å². The maximum Gasteiger partial charge on any atom is 0.407 e. The maximum atomic E-state index is 12.1. The predicted molar refractivity (Wildman–Crippen MR) is 123 cm³/mol. The number of carboxylic acid groups (broad SMARTS) is 1. The summed E-state index contributed by atoms with van der Waals surface area (Å²) < 4.78 is 10.7. The summed E-state index contributed by atoms with van der Waals surface area (Å²) in [7, 11) is 0. The molecule has 2 amide bonds. The minimum absolute atomic E-state index is 0.00604. The smallest absolute Gasteiger partial charge is 0.407 e. The first-order valence-electron chi connectivity index (χ1n) is 10.9. The number of alkyl carbamates (subject to hydrolysis) is 1. The first kappa shape index (κ1) is 24.3. The van der Waals surface area contributed by atoms with Gasteiger partial charge in [-0.25, -0.2) is 4.79 Å². The quantitative estimate of drug-likeness (QED) is 0.450. The third kappa shape index (κ3) is 6.79. The zero-order chi connectivity index (χ0) is 23.8. The Morgan fingerprint density at radius 2 is 1.58 bits per heavy atom. The van der Waals surface area contributed by atoms with E-state index >= 15 is 0 Å². The van der Waals surface area contributed by atoms with Crippen LogP contribution in [0, 0.1) is 5.41 Å². The Kier molecular flexibility index (Phi) is 8.06. The fourth-order valence-electron chi connectivity index (χ4n) is 3.90. The van der Waals surface area contributed by atoms with Crippen LogP contribution in [0.2, 0.25) is 0 Å². The van der Waals surface area contributed by atoms with E-state index in [1.165, 1.54) is 11.1 Å². The molecule has 0 unspecified atom stereocenters. The summed E-state index contributed by atoms with van der Waals surface area (Å²) in [5.74, 6) is -1.26. The monoisotopic (exact) mass is 454 g/mol. The molecule has 0 saturated heterocycles. The standard InChI is InChI=1S/C25H30N2O6/c1-25(2,13-23(29)30)16-27-22(28)15-32-12-11-26-24(31)33-14-21-19-9-5-3-7-17(19)18-8-4-6-10-20(18)21/h3-10,21H,11-16H2,1-2H3,(H,26,31)(H,27,28)(H,29,30). The number of hydrogen-bond donors (Lipinski definition) is 3. The molecule has 0 bridgehead atoms. The average molecular weight is 455 g/mol. The highest BCUT2D eigenvalue weighted by Gasteiger charge is 2.29. The Labute approximate surface area is 193 Å². The van der Waals surface area contributed by atoms with Gasteiger partial charge < -0.3 is 25.2 Å². The number of benzene rings is 2. The number of rotatable bonds is 11. The minimum atomic E-state index is -0.912. The fourth-order valence-corrected chi connectivity index (χ4v) is 3.90. The number of hydrogen-bond acceptors (Lipinski definition) is 5. The summed E-state index contributed by atoms with van der Waals surface area (Å²) in [6.07, 6.45) is -0.585. The summed E-state index contributed by atoms with van der Waals surface area (Å²) >= 11 is 0. The Morgan fingerprint density at radius 1 is 0.970 bits per heavy atom. The van der Waals surface area contributed by atoms with Gasteiger partial charge in [0.25, 0.3) is 0 Å². The third-order valence-corrected chi connectivity index (χ3v) is 5.49. The Balaban J connectivity index is 1.34. The van der Waals surface area contributed by atoms with Crippen LogP contribution in [-0.4, -0.2) is 56.0 Å². The molecule has 0 heterocycles. The van der Waals surface area contributed by atoms with Crippen molar-refractivity contribution in [2.24, 2.45) is 5.41 Å². The minimum Gasteiger partial charge on any atom is -0.481 e. The van der Waals surface area contributed by atoms with Crippen LogP contribution < -0.4 is 10.6 Å². The second kappa shape index (κ2) is 11.0. The van der Waals surface area contributed by atoms with Gasteiger partial charge in [0.2, 0.25) is 5.91 Å². The number of carboxylic acids is 1. The molecule has 33 heavy (non-hydrogen) atoms. The van der Waals surface area contributed by atoms with Gasteiger partial charge in [0, 0.05) is 19.0 Å². The summed E-state index contributed by atoms with van der Waals surface area (Å²) in [6, 6.07) is 16.2. The van der Waals surface area contributed by atoms with Crippen LogP contribution in [0.5, 0.6) is 0 Å². The molecule has 0 radical (unpaired) electrons. The molecule has 176 valence electrons. The van der Waals surface area contributed by atoms with Crippen molar-refractivity contribution in [1.29, 1.82) is 0 Å². The van der Waals surface area contributed by atoms with Gasteiger partial charge in [0.1, 0.15) is 13.2 Å². The van der Waals surface area contributed by atoms with E-state index in [1.54, 1.807) is 13.8 Å². The zero-order valence-electron chi connectivity index (χ0n) is 18.9. The lowest BCUT2D eigenvalue weighted by Crippen LogP contribution is -2.37. The lowest BCUT2D eigenvalue weighted by Gasteiger charge is -2.22. The lowest BCUT2D eigenvalue weighted by molar-refractivity contribution is -0.139. The molecule has 3 N–H and O–H groups in total. The van der Waals surface area contributed by atoms with Gasteiger partial charge >= 0.3 is 12.1 Å². The highest BCUT2D eigenvalue weighted by atomic mass is 16.5. The number of aliphatic carboxylic acids is 1. The van der Waals surface area contributed by atoms with Crippen molar-refractivity contribution in [3.05, 3.63) is 59.7 Å². The van der Waals surface area contributed by atoms with Crippen molar-refractivity contribution in [1.82, 2.24) is 10.6 Å². The molecule has 0 spiro atoms. The largest absolute Gasteiger partial charge is 0.481 e. The van der Waals surface area contributed by atoms with Gasteiger partial charge in [-0.3, -0.25) is 9.59 Å². The first-order chi connectivity index (χ1) is 15.8. The van der Waals surface area contributed by atoms with Crippen molar-refractivity contribution in [2.75, 3.05) is 32.9 Å². The molecule has 0 fully saturated rings. The van der Waals surface area contributed by atoms with Gasteiger partial charge in [-0.2, -0.15) is 0 Å².